The standard InChI is InChI=1S/C16H20N4O2/c1-12(19-8-2-3-9-19)13-4-6-14(7-5-13)16-17-11-20(18-16)10-15(21)22/h4-7,11-12H,2-3,8-10H2,1H3,(H,21,22). The second-order valence-electron chi connectivity index (χ2n) is 5.70. The Hall–Kier alpha value is -2.21. The number of nitrogens with zero attached hydrogens (tertiary/aromatic N) is 4. The minimum atomic E-state index is -0.925. The third-order valence-corrected chi connectivity index (χ3v) is 4.17. The van der Waals surface area contributed by atoms with Crippen molar-refractivity contribution in [2.45, 2.75) is 32.4 Å². The van der Waals surface area contributed by atoms with E-state index in [2.05, 4.69) is 34.0 Å². The summed E-state index contributed by atoms with van der Waals surface area (Å²) in [6, 6.07) is 8.64. The molecule has 2 heterocycles. The van der Waals surface area contributed by atoms with Crippen LogP contribution in [0.2, 0.25) is 0 Å². The Morgan fingerprint density at radius 3 is 2.59 bits per heavy atom. The Kier molecular flexibility index (Phi) is 4.20. The fourth-order valence-electron chi connectivity index (χ4n) is 2.89. The minimum Gasteiger partial charge on any atom is -0.480 e. The molecule has 0 aliphatic carbocycles. The molecule has 6 heteroatoms. The maximum Gasteiger partial charge on any atom is 0.325 e. The van der Waals surface area contributed by atoms with Gasteiger partial charge in [0, 0.05) is 11.6 Å². The van der Waals surface area contributed by atoms with Crippen molar-refractivity contribution in [3.8, 4) is 11.4 Å². The molecule has 0 spiro atoms. The molecule has 1 aliphatic rings. The molecule has 1 aromatic carbocycles. The van der Waals surface area contributed by atoms with E-state index in [9.17, 15) is 4.79 Å². The van der Waals surface area contributed by atoms with Crippen LogP contribution in [0.5, 0.6) is 0 Å². The van der Waals surface area contributed by atoms with Gasteiger partial charge < -0.3 is 5.11 Å². The summed E-state index contributed by atoms with van der Waals surface area (Å²) >= 11 is 0. The molecule has 6 nitrogen and oxygen atoms in total. The van der Waals surface area contributed by atoms with Crippen molar-refractivity contribution in [2.24, 2.45) is 0 Å². The zero-order chi connectivity index (χ0) is 15.5. The van der Waals surface area contributed by atoms with E-state index in [0.717, 1.165) is 5.56 Å². The van der Waals surface area contributed by atoms with E-state index >= 15 is 0 Å². The third-order valence-electron chi connectivity index (χ3n) is 4.17. The van der Waals surface area contributed by atoms with E-state index in [-0.39, 0.29) is 6.54 Å². The molecular formula is C16H20N4O2. The fraction of sp³-hybridized carbons (Fsp3) is 0.438. The van der Waals surface area contributed by atoms with Crippen LogP contribution >= 0.6 is 0 Å². The molecular weight excluding hydrogens is 280 g/mol. The van der Waals surface area contributed by atoms with Gasteiger partial charge in [0.05, 0.1) is 0 Å². The predicted octanol–water partition coefficient (Wildman–Crippen LogP) is 2.19. The fourth-order valence-corrected chi connectivity index (χ4v) is 2.89. The van der Waals surface area contributed by atoms with Gasteiger partial charge in [-0.2, -0.15) is 5.10 Å². The first-order valence-electron chi connectivity index (χ1n) is 7.59. The molecule has 1 aliphatic heterocycles. The normalized spacial score (nSPS) is 16.8. The molecule has 1 atom stereocenters. The molecule has 1 saturated heterocycles. The van der Waals surface area contributed by atoms with Gasteiger partial charge in [0.25, 0.3) is 0 Å². The lowest BCUT2D eigenvalue weighted by molar-refractivity contribution is -0.137. The number of aliphatic carboxylic acids is 1. The molecule has 0 saturated carbocycles. The molecule has 1 N–H and O–H groups in total. The molecule has 1 aromatic heterocycles. The SMILES string of the molecule is CC(c1ccc(-c2ncn(CC(=O)O)n2)cc1)N1CCCC1. The van der Waals surface area contributed by atoms with Crippen LogP contribution in [-0.2, 0) is 11.3 Å². The molecule has 0 bridgehead atoms. The summed E-state index contributed by atoms with van der Waals surface area (Å²) in [7, 11) is 0. The van der Waals surface area contributed by atoms with Gasteiger partial charge in [0.1, 0.15) is 12.9 Å². The highest BCUT2D eigenvalue weighted by atomic mass is 16.4. The van der Waals surface area contributed by atoms with Crippen LogP contribution in [0.3, 0.4) is 0 Å². The monoisotopic (exact) mass is 300 g/mol. The number of aromatic nitrogens is 3. The summed E-state index contributed by atoms with van der Waals surface area (Å²) in [6.07, 6.45) is 4.02. The van der Waals surface area contributed by atoms with Crippen molar-refractivity contribution >= 4 is 5.97 Å². The summed E-state index contributed by atoms with van der Waals surface area (Å²) in [5, 5.41) is 12.9. The Morgan fingerprint density at radius 2 is 1.95 bits per heavy atom. The van der Waals surface area contributed by atoms with Gasteiger partial charge in [0.2, 0.25) is 0 Å². The molecule has 0 radical (unpaired) electrons. The van der Waals surface area contributed by atoms with Crippen LogP contribution in [0.1, 0.15) is 31.4 Å². The predicted molar refractivity (Wildman–Crippen MR) is 82.3 cm³/mol. The number of carbonyl (C=O) groups is 1. The van der Waals surface area contributed by atoms with E-state index in [0.29, 0.717) is 11.9 Å². The van der Waals surface area contributed by atoms with Crippen molar-refractivity contribution in [2.75, 3.05) is 13.1 Å². The first-order valence-corrected chi connectivity index (χ1v) is 7.59. The smallest absolute Gasteiger partial charge is 0.325 e. The lowest BCUT2D eigenvalue weighted by atomic mass is 10.0. The van der Waals surface area contributed by atoms with Crippen LogP contribution in [-0.4, -0.2) is 43.8 Å². The third kappa shape index (κ3) is 3.17. The Bertz CT molecular complexity index is 644. The van der Waals surface area contributed by atoms with Crippen molar-refractivity contribution in [3.63, 3.8) is 0 Å². The molecule has 1 fully saturated rings. The van der Waals surface area contributed by atoms with Gasteiger partial charge in [0.15, 0.2) is 5.82 Å². The van der Waals surface area contributed by atoms with Crippen LogP contribution in [0, 0.1) is 0 Å². The van der Waals surface area contributed by atoms with Crippen LogP contribution in [0.15, 0.2) is 30.6 Å². The van der Waals surface area contributed by atoms with Gasteiger partial charge in [-0.05, 0) is 38.4 Å². The van der Waals surface area contributed by atoms with Crippen molar-refractivity contribution < 1.29 is 9.90 Å². The summed E-state index contributed by atoms with van der Waals surface area (Å²) < 4.78 is 1.33. The second kappa shape index (κ2) is 6.27. The maximum atomic E-state index is 10.7. The van der Waals surface area contributed by atoms with E-state index < -0.39 is 5.97 Å². The van der Waals surface area contributed by atoms with Crippen LogP contribution in [0.25, 0.3) is 11.4 Å². The van der Waals surface area contributed by atoms with Gasteiger partial charge in [-0.15, -0.1) is 0 Å². The van der Waals surface area contributed by atoms with E-state index in [1.807, 2.05) is 12.1 Å². The first-order chi connectivity index (χ1) is 10.6. The summed E-state index contributed by atoms with van der Waals surface area (Å²) in [6.45, 7) is 4.41. The molecule has 22 heavy (non-hydrogen) atoms. The molecule has 2 aromatic rings. The molecule has 1 unspecified atom stereocenters. The zero-order valence-electron chi connectivity index (χ0n) is 12.6. The number of likely N-dealkylation sites (tertiary alicyclic amines) is 1. The Balaban J connectivity index is 1.73. The minimum absolute atomic E-state index is 0.170. The maximum absolute atomic E-state index is 10.7. The molecule has 0 amide bonds. The number of rotatable bonds is 5. The topological polar surface area (TPSA) is 71.2 Å². The van der Waals surface area contributed by atoms with Crippen molar-refractivity contribution in [3.05, 3.63) is 36.2 Å². The van der Waals surface area contributed by atoms with Crippen LogP contribution < -0.4 is 0 Å². The van der Waals surface area contributed by atoms with Crippen LogP contribution in [0.4, 0.5) is 0 Å². The summed E-state index contributed by atoms with van der Waals surface area (Å²) in [4.78, 5) is 17.3. The highest BCUT2D eigenvalue weighted by Gasteiger charge is 2.19. The first kappa shape index (κ1) is 14.7. The Morgan fingerprint density at radius 1 is 1.27 bits per heavy atom. The lowest BCUT2D eigenvalue weighted by Gasteiger charge is -2.24. The second-order valence-corrected chi connectivity index (χ2v) is 5.70. The average Bonchev–Trinajstić information content (AvgIpc) is 3.17. The summed E-state index contributed by atoms with van der Waals surface area (Å²) in [5.74, 6) is -0.368. The summed E-state index contributed by atoms with van der Waals surface area (Å²) in [5.41, 5.74) is 2.19. The largest absolute Gasteiger partial charge is 0.480 e. The van der Waals surface area contributed by atoms with Crippen molar-refractivity contribution in [1.29, 1.82) is 0 Å². The highest BCUT2D eigenvalue weighted by molar-refractivity contribution is 5.66. The average molecular weight is 300 g/mol. The van der Waals surface area contributed by atoms with Gasteiger partial charge in [-0.1, -0.05) is 24.3 Å². The number of carboxylic acid groups (broad SMARTS) is 1. The quantitative estimate of drug-likeness (QED) is 0.916. The number of benzene rings is 1. The van der Waals surface area contributed by atoms with E-state index in [4.69, 9.17) is 5.11 Å². The molecule has 3 rings (SSSR count). The van der Waals surface area contributed by atoms with Gasteiger partial charge >= 0.3 is 5.97 Å². The van der Waals surface area contributed by atoms with E-state index in [1.54, 1.807) is 0 Å². The van der Waals surface area contributed by atoms with Crippen molar-refractivity contribution in [1.82, 2.24) is 19.7 Å². The van der Waals surface area contributed by atoms with Gasteiger partial charge in [-0.3, -0.25) is 9.69 Å². The zero-order valence-corrected chi connectivity index (χ0v) is 12.6. The van der Waals surface area contributed by atoms with Gasteiger partial charge in [-0.25, -0.2) is 9.67 Å². The number of hydrogen-bond donors (Lipinski definition) is 1. The number of hydrogen-bond acceptors (Lipinski definition) is 4. The lowest BCUT2D eigenvalue weighted by Crippen LogP contribution is -2.23. The molecule has 116 valence electrons. The highest BCUT2D eigenvalue weighted by Crippen LogP contribution is 2.26. The van der Waals surface area contributed by atoms with E-state index in [1.165, 1.54) is 42.5 Å². The number of carboxylic acids is 1. The Labute approximate surface area is 129 Å².